The molecule has 0 radical (unpaired) electrons. The Balaban J connectivity index is 1.87. The maximum atomic E-state index is 6.00. The molecule has 0 saturated carbocycles. The summed E-state index contributed by atoms with van der Waals surface area (Å²) < 4.78 is 11.2. The molecule has 31 heavy (non-hydrogen) atoms. The van der Waals surface area contributed by atoms with Crippen molar-refractivity contribution in [1.82, 2.24) is 0 Å². The van der Waals surface area contributed by atoms with Crippen LogP contribution in [0.15, 0.2) is 84.9 Å². The second kappa shape index (κ2) is 12.7. The van der Waals surface area contributed by atoms with Gasteiger partial charge in [0.25, 0.3) is 0 Å². The van der Waals surface area contributed by atoms with Gasteiger partial charge in [0.15, 0.2) is 0 Å². The van der Waals surface area contributed by atoms with Crippen LogP contribution in [0.5, 0.6) is 5.75 Å². The van der Waals surface area contributed by atoms with Gasteiger partial charge in [0.2, 0.25) is 0 Å². The molecule has 0 aliphatic carbocycles. The van der Waals surface area contributed by atoms with Gasteiger partial charge in [0.1, 0.15) is 12.4 Å². The van der Waals surface area contributed by atoms with Gasteiger partial charge in [-0.3, -0.25) is 0 Å². The molecular weight excluding hydrogens is 388 g/mol. The molecule has 0 aliphatic rings. The monoisotopic (exact) mass is 418 g/mol. The van der Waals surface area contributed by atoms with E-state index >= 15 is 0 Å². The van der Waals surface area contributed by atoms with Crippen molar-refractivity contribution < 1.29 is 14.3 Å². The van der Waals surface area contributed by atoms with E-state index in [4.69, 9.17) is 21.1 Å². The molecule has 0 heterocycles. The second-order valence-corrected chi connectivity index (χ2v) is 6.98. The lowest BCUT2D eigenvalue weighted by atomic mass is 9.88. The molecule has 0 spiro atoms. The first-order valence-corrected chi connectivity index (χ1v) is 10.5. The van der Waals surface area contributed by atoms with E-state index in [2.05, 4.69) is 65.5 Å². The van der Waals surface area contributed by atoms with Gasteiger partial charge in [0, 0.05) is 0 Å². The average Bonchev–Trinajstić information content (AvgIpc) is 2.83. The van der Waals surface area contributed by atoms with Crippen LogP contribution < -0.4 is 16.4 Å². The second-order valence-electron chi connectivity index (χ2n) is 6.98. The van der Waals surface area contributed by atoms with Crippen molar-refractivity contribution in [3.8, 4) is 5.75 Å². The summed E-state index contributed by atoms with van der Waals surface area (Å²) in [5.74, 6) is 5.77. The van der Waals surface area contributed by atoms with Gasteiger partial charge in [-0.05, 0) is 52.9 Å². The van der Waals surface area contributed by atoms with E-state index in [0.29, 0.717) is 33.0 Å². The lowest BCUT2D eigenvalue weighted by Gasteiger charge is -2.17. The predicted molar refractivity (Wildman–Crippen MR) is 125 cm³/mol. The Kier molecular flexibility index (Phi) is 9.29. The molecule has 0 saturated heterocycles. The summed E-state index contributed by atoms with van der Waals surface area (Å²) in [6.07, 6.45) is 0.788. The van der Waals surface area contributed by atoms with Crippen molar-refractivity contribution in [3.05, 3.63) is 102 Å². The molecular formula is C26H30N2O3. The minimum Gasteiger partial charge on any atom is -0.491 e. The van der Waals surface area contributed by atoms with Gasteiger partial charge >= 0.3 is 0 Å². The molecule has 0 fully saturated rings. The summed E-state index contributed by atoms with van der Waals surface area (Å²) in [5, 5.41) is 0. The van der Waals surface area contributed by atoms with Crippen LogP contribution in [-0.4, -0.2) is 33.0 Å². The fourth-order valence-electron chi connectivity index (χ4n) is 3.46. The third kappa shape index (κ3) is 6.77. The van der Waals surface area contributed by atoms with E-state index in [0.717, 1.165) is 17.7 Å². The Hall–Kier alpha value is -2.96. The van der Waals surface area contributed by atoms with E-state index in [1.165, 1.54) is 22.3 Å². The highest BCUT2D eigenvalue weighted by molar-refractivity contribution is 5.98. The molecule has 0 unspecified atom stereocenters. The lowest BCUT2D eigenvalue weighted by molar-refractivity contribution is 0.0362. The quantitative estimate of drug-likeness (QED) is 0.261. The number of rotatable bonds is 12. The number of benzene rings is 3. The summed E-state index contributed by atoms with van der Waals surface area (Å²) in [6.45, 7) is 2.35. The van der Waals surface area contributed by atoms with Gasteiger partial charge in [-0.1, -0.05) is 72.8 Å². The largest absolute Gasteiger partial charge is 0.491 e. The van der Waals surface area contributed by atoms with Gasteiger partial charge in [0.05, 0.1) is 19.8 Å². The molecule has 3 aromatic rings. The highest BCUT2D eigenvalue weighted by Gasteiger charge is 2.13. The fourth-order valence-corrected chi connectivity index (χ4v) is 3.46. The summed E-state index contributed by atoms with van der Waals surface area (Å²) in [7, 11) is 0. The van der Waals surface area contributed by atoms with Gasteiger partial charge in [-0.2, -0.15) is 0 Å². The average molecular weight is 419 g/mol. The minimum absolute atomic E-state index is 0.371. The molecule has 0 amide bonds. The number of hydrogen-bond acceptors (Lipinski definition) is 5. The zero-order valence-corrected chi connectivity index (χ0v) is 17.7. The van der Waals surface area contributed by atoms with Crippen molar-refractivity contribution >= 4 is 11.1 Å². The molecule has 4 N–H and O–H groups in total. The van der Waals surface area contributed by atoms with Crippen LogP contribution in [0.2, 0.25) is 0 Å². The van der Waals surface area contributed by atoms with Crippen molar-refractivity contribution in [2.24, 2.45) is 11.6 Å². The number of nitrogens with two attached hydrogens (primary N) is 2. The maximum Gasteiger partial charge on any atom is 0.119 e. The van der Waals surface area contributed by atoms with E-state index in [1.807, 2.05) is 24.3 Å². The molecule has 162 valence electrons. The van der Waals surface area contributed by atoms with Gasteiger partial charge in [-0.15, -0.1) is 0 Å². The first kappa shape index (κ1) is 22.7. The molecule has 3 rings (SSSR count). The molecule has 3 aromatic carbocycles. The van der Waals surface area contributed by atoms with Gasteiger partial charge in [-0.25, -0.2) is 5.90 Å². The Morgan fingerprint density at radius 1 is 0.645 bits per heavy atom. The van der Waals surface area contributed by atoms with E-state index in [9.17, 15) is 0 Å². The minimum atomic E-state index is 0.371. The predicted octanol–water partition coefficient (Wildman–Crippen LogP) is 4.28. The zero-order valence-electron chi connectivity index (χ0n) is 17.7. The molecule has 5 heteroatoms. The first-order chi connectivity index (χ1) is 15.3. The zero-order chi connectivity index (χ0) is 21.7. The fraction of sp³-hybridized carbons (Fsp3) is 0.231. The van der Waals surface area contributed by atoms with Crippen molar-refractivity contribution in [3.63, 3.8) is 0 Å². The Bertz CT molecular complexity index is 926. The van der Waals surface area contributed by atoms with Crippen LogP contribution in [0.3, 0.4) is 0 Å². The SMILES string of the molecule is NCC/C(=C(\c1ccccc1)c1ccc(OCCOCCON)cc1)c1ccccc1. The Labute approximate surface area is 184 Å². The Morgan fingerprint density at radius 2 is 1.23 bits per heavy atom. The van der Waals surface area contributed by atoms with Gasteiger partial charge < -0.3 is 20.0 Å². The molecule has 0 aliphatic heterocycles. The van der Waals surface area contributed by atoms with Crippen LogP contribution in [0.1, 0.15) is 23.1 Å². The summed E-state index contributed by atoms with van der Waals surface area (Å²) in [5.41, 5.74) is 11.9. The molecule has 0 atom stereocenters. The highest BCUT2D eigenvalue weighted by Crippen LogP contribution is 2.34. The standard InChI is InChI=1S/C26H30N2O3/c27-16-15-25(21-7-3-1-4-8-21)26(22-9-5-2-6-10-22)23-11-13-24(14-12-23)30-19-17-29-18-20-31-28/h1-14H,15-20,27-28H2/b26-25-. The van der Waals surface area contributed by atoms with E-state index in [1.54, 1.807) is 0 Å². The molecule has 0 bridgehead atoms. The lowest BCUT2D eigenvalue weighted by Crippen LogP contribution is -2.12. The van der Waals surface area contributed by atoms with Crippen LogP contribution in [0, 0.1) is 0 Å². The Morgan fingerprint density at radius 3 is 1.84 bits per heavy atom. The van der Waals surface area contributed by atoms with Crippen LogP contribution in [0.25, 0.3) is 11.1 Å². The summed E-state index contributed by atoms with van der Waals surface area (Å²) in [4.78, 5) is 4.47. The van der Waals surface area contributed by atoms with Crippen molar-refractivity contribution in [2.45, 2.75) is 6.42 Å². The van der Waals surface area contributed by atoms with E-state index < -0.39 is 0 Å². The third-order valence-electron chi connectivity index (χ3n) is 4.87. The normalized spacial score (nSPS) is 11.8. The molecule has 5 nitrogen and oxygen atoms in total. The maximum absolute atomic E-state index is 6.00. The van der Waals surface area contributed by atoms with E-state index in [-0.39, 0.29) is 0 Å². The summed E-state index contributed by atoms with van der Waals surface area (Å²) >= 11 is 0. The van der Waals surface area contributed by atoms with Crippen LogP contribution in [0.4, 0.5) is 0 Å². The third-order valence-corrected chi connectivity index (χ3v) is 4.87. The van der Waals surface area contributed by atoms with Crippen molar-refractivity contribution in [2.75, 3.05) is 33.0 Å². The highest BCUT2D eigenvalue weighted by atomic mass is 16.6. The molecule has 0 aromatic heterocycles. The summed E-state index contributed by atoms with van der Waals surface area (Å²) in [6, 6.07) is 29.1. The first-order valence-electron chi connectivity index (χ1n) is 10.5. The van der Waals surface area contributed by atoms with Crippen LogP contribution in [-0.2, 0) is 9.57 Å². The van der Waals surface area contributed by atoms with Crippen LogP contribution >= 0.6 is 0 Å². The number of ether oxygens (including phenoxy) is 2. The van der Waals surface area contributed by atoms with Crippen molar-refractivity contribution in [1.29, 1.82) is 0 Å². The topological polar surface area (TPSA) is 79.7 Å². The number of hydrogen-bond donors (Lipinski definition) is 2. The smallest absolute Gasteiger partial charge is 0.119 e.